The normalized spacial score (nSPS) is 10.1. The molecule has 4 nitrogen and oxygen atoms in total. The van der Waals surface area contributed by atoms with Crippen molar-refractivity contribution < 1.29 is 32.4 Å². The van der Waals surface area contributed by atoms with Gasteiger partial charge in [0.05, 0.1) is 0 Å². The molecule has 0 aliphatic carbocycles. The number of hydrogen-bond acceptors (Lipinski definition) is 1. The first kappa shape index (κ1) is 11.9. The molecule has 0 aliphatic rings. The molecule has 0 aromatic carbocycles. The molecule has 0 heterocycles. The van der Waals surface area contributed by atoms with E-state index in [1.165, 1.54) is 0 Å². The van der Waals surface area contributed by atoms with Crippen LogP contribution in [0.5, 0.6) is 0 Å². The molecular weight excluding hydrogens is 222 g/mol. The van der Waals surface area contributed by atoms with E-state index < -0.39 is 7.82 Å². The Morgan fingerprint density at radius 3 is 1.25 bits per heavy atom. The van der Waals surface area contributed by atoms with Crippen molar-refractivity contribution in [2.75, 3.05) is 0 Å². The van der Waals surface area contributed by atoms with Crippen LogP contribution in [0.2, 0.25) is 0 Å². The Kier molecular flexibility index (Phi) is 9.45. The summed E-state index contributed by atoms with van der Waals surface area (Å²) < 4.78 is 8.88. The van der Waals surface area contributed by atoms with E-state index in [9.17, 15) is 0 Å². The van der Waals surface area contributed by atoms with E-state index in [1.807, 2.05) is 0 Å². The van der Waals surface area contributed by atoms with E-state index in [0.29, 0.717) is 0 Å². The van der Waals surface area contributed by atoms with E-state index in [1.54, 1.807) is 0 Å². The molecule has 0 saturated carbocycles. The van der Waals surface area contributed by atoms with E-state index in [0.717, 1.165) is 0 Å². The Morgan fingerprint density at radius 1 is 1.25 bits per heavy atom. The Labute approximate surface area is 60.7 Å². The van der Waals surface area contributed by atoms with Crippen molar-refractivity contribution >= 4 is 28.0 Å². The average molecular weight is 225 g/mol. The third-order valence-corrected chi connectivity index (χ3v) is 0. The van der Waals surface area contributed by atoms with Gasteiger partial charge >= 0.3 is 41.2 Å². The van der Waals surface area contributed by atoms with Gasteiger partial charge in [-0.1, -0.05) is 0 Å². The van der Waals surface area contributed by atoms with E-state index in [4.69, 9.17) is 39.4 Å². The van der Waals surface area contributed by atoms with Crippen LogP contribution in [0.25, 0.3) is 0 Å². The molecule has 0 amide bonds. The van der Waals surface area contributed by atoms with Gasteiger partial charge in [0.1, 0.15) is 0 Å². The molecule has 0 aromatic rings. The van der Waals surface area contributed by atoms with Crippen LogP contribution < -0.4 is 0 Å². The molecule has 0 atom stereocenters. The quantitative estimate of drug-likeness (QED) is 0.413. The molecule has 0 aliphatic heterocycles. The molecule has 0 radical (unpaired) electrons. The van der Waals surface area contributed by atoms with Crippen LogP contribution in [0.3, 0.4) is 0 Å². The summed E-state index contributed by atoms with van der Waals surface area (Å²) >= 11 is 0.194. The van der Waals surface area contributed by atoms with Gasteiger partial charge in [-0.2, -0.15) is 0 Å². The Balaban J connectivity index is 0. The van der Waals surface area contributed by atoms with Gasteiger partial charge in [-0.3, -0.25) is 0 Å². The summed E-state index contributed by atoms with van der Waals surface area (Å²) in [6.07, 6.45) is 0. The predicted octanol–water partition coefficient (Wildman–Crippen LogP) is 0.448. The number of hydrogen-bond donors (Lipinski definition) is 3. The molecule has 8 heavy (non-hydrogen) atoms. The third kappa shape index (κ3) is 190. The standard InChI is InChI=1S/2ClH.Fe.H3O4P/c;;;1-5(2,3)4/h2*1H;;(H3,1,2,3,4)/q;;+2;/p-2. The molecule has 8 heteroatoms. The van der Waals surface area contributed by atoms with E-state index in [-0.39, 0.29) is 13.1 Å². The predicted molar refractivity (Wildman–Crippen MR) is 26.0 cm³/mol. The summed E-state index contributed by atoms with van der Waals surface area (Å²) in [5.41, 5.74) is 0. The molecule has 0 bridgehead atoms. The zero-order valence-corrected chi connectivity index (χ0v) is 6.82. The maximum absolute atomic E-state index is 8.88. The second-order valence-corrected chi connectivity index (χ2v) is 3.41. The van der Waals surface area contributed by atoms with E-state index >= 15 is 0 Å². The molecular formula is H3Cl2FeO4P. The van der Waals surface area contributed by atoms with Crippen LogP contribution in [0, 0.1) is 0 Å². The van der Waals surface area contributed by atoms with Crippen LogP contribution in [0.4, 0.5) is 0 Å². The first-order valence-electron chi connectivity index (χ1n) is 1.05. The maximum atomic E-state index is 8.88. The summed E-state index contributed by atoms with van der Waals surface area (Å²) in [5.74, 6) is 0. The van der Waals surface area contributed by atoms with Gasteiger partial charge in [-0.25, -0.2) is 4.57 Å². The molecule has 54 valence electrons. The van der Waals surface area contributed by atoms with Gasteiger partial charge in [0.2, 0.25) is 0 Å². The van der Waals surface area contributed by atoms with Crippen LogP contribution in [0.15, 0.2) is 0 Å². The third-order valence-electron chi connectivity index (χ3n) is 0. The molecule has 0 rings (SSSR count). The zero-order chi connectivity index (χ0) is 7.21. The van der Waals surface area contributed by atoms with Crippen LogP contribution in [0.1, 0.15) is 0 Å². The number of rotatable bonds is 0. The van der Waals surface area contributed by atoms with Crippen molar-refractivity contribution in [2.45, 2.75) is 0 Å². The summed E-state index contributed by atoms with van der Waals surface area (Å²) in [4.78, 5) is 21.6. The van der Waals surface area contributed by atoms with Crippen molar-refractivity contribution in [2.24, 2.45) is 0 Å². The van der Waals surface area contributed by atoms with Gasteiger partial charge < -0.3 is 14.7 Å². The van der Waals surface area contributed by atoms with Gasteiger partial charge in [-0.05, 0) is 0 Å². The topological polar surface area (TPSA) is 77.8 Å². The molecule has 3 N–H and O–H groups in total. The molecule has 0 saturated heterocycles. The Bertz CT molecular complexity index is 69.8. The van der Waals surface area contributed by atoms with Crippen LogP contribution >= 0.6 is 28.0 Å². The Hall–Kier alpha value is 1.21. The molecule has 0 unspecified atom stereocenters. The Morgan fingerprint density at radius 2 is 1.25 bits per heavy atom. The molecule has 0 aromatic heterocycles. The fourth-order valence-electron chi connectivity index (χ4n) is 0. The second-order valence-electron chi connectivity index (χ2n) is 0.564. The van der Waals surface area contributed by atoms with Gasteiger partial charge in [-0.15, -0.1) is 0 Å². The second kappa shape index (κ2) is 6.33. The molecule has 0 spiro atoms. The number of phosphoric acid groups is 1. The first-order chi connectivity index (χ1) is 3.41. The summed E-state index contributed by atoms with van der Waals surface area (Å²) in [6.45, 7) is 0. The minimum absolute atomic E-state index is 0.194. The van der Waals surface area contributed by atoms with Crippen molar-refractivity contribution in [3.63, 3.8) is 0 Å². The van der Waals surface area contributed by atoms with Gasteiger partial charge in [0, 0.05) is 0 Å². The minimum atomic E-state index is -4.64. The number of halogens is 2. The first-order valence-corrected chi connectivity index (χ1v) is 5.65. The van der Waals surface area contributed by atoms with Crippen molar-refractivity contribution in [3.8, 4) is 0 Å². The van der Waals surface area contributed by atoms with Crippen molar-refractivity contribution in [3.05, 3.63) is 0 Å². The van der Waals surface area contributed by atoms with Crippen LogP contribution in [-0.2, 0) is 17.7 Å². The van der Waals surface area contributed by atoms with Crippen molar-refractivity contribution in [1.29, 1.82) is 0 Å². The van der Waals surface area contributed by atoms with Crippen LogP contribution in [-0.4, -0.2) is 14.7 Å². The van der Waals surface area contributed by atoms with Gasteiger partial charge in [0.15, 0.2) is 0 Å². The fraction of sp³-hybridized carbons (Fsp3) is 0. The van der Waals surface area contributed by atoms with Gasteiger partial charge in [0.25, 0.3) is 0 Å². The zero-order valence-electron chi connectivity index (χ0n) is 3.31. The van der Waals surface area contributed by atoms with E-state index in [2.05, 4.69) is 0 Å². The summed E-state index contributed by atoms with van der Waals surface area (Å²) in [7, 11) is 4.89. The SMILES string of the molecule is O=P(O)(O)O.[Cl][Fe][Cl]. The monoisotopic (exact) mass is 224 g/mol. The summed E-state index contributed by atoms with van der Waals surface area (Å²) in [6, 6.07) is 0. The molecule has 0 fully saturated rings. The van der Waals surface area contributed by atoms with Crippen molar-refractivity contribution in [1.82, 2.24) is 0 Å². The summed E-state index contributed by atoms with van der Waals surface area (Å²) in [5, 5.41) is 0. The fourth-order valence-corrected chi connectivity index (χ4v) is 0. The average Bonchev–Trinajstić information content (AvgIpc) is 1.27.